The first-order valence-corrected chi connectivity index (χ1v) is 28.4. The molecule has 0 spiro atoms. The molecular weight excluding hydrogens is 837 g/mol. The van der Waals surface area contributed by atoms with E-state index >= 15 is 0 Å². The largest absolute Gasteiger partial charge is 0.462 e. The molecule has 388 valence electrons. The fourth-order valence-electron chi connectivity index (χ4n) is 7.84. The number of aliphatic hydroxyl groups is 1. The topological polar surface area (TPSA) is 72.8 Å². The molecule has 0 aliphatic rings. The van der Waals surface area contributed by atoms with Crippen molar-refractivity contribution in [2.24, 2.45) is 0 Å². The Hall–Kier alpha value is -3.44. The number of esters is 2. The molecule has 0 aliphatic carbocycles. The van der Waals surface area contributed by atoms with Crippen molar-refractivity contribution in [2.75, 3.05) is 13.2 Å². The van der Waals surface area contributed by atoms with Crippen LogP contribution in [-0.4, -0.2) is 36.4 Å². The second-order valence-electron chi connectivity index (χ2n) is 18.6. The molecule has 0 fully saturated rings. The number of unbranched alkanes of at least 4 members (excludes halogenated alkanes) is 25. The van der Waals surface area contributed by atoms with E-state index in [-0.39, 0.29) is 25.2 Å². The van der Waals surface area contributed by atoms with Gasteiger partial charge in [-0.1, -0.05) is 271 Å². The van der Waals surface area contributed by atoms with Crippen molar-refractivity contribution in [2.45, 2.75) is 264 Å². The maximum Gasteiger partial charge on any atom is 0.306 e. The van der Waals surface area contributed by atoms with E-state index in [0.29, 0.717) is 12.8 Å². The Bertz CT molecular complexity index is 1340. The van der Waals surface area contributed by atoms with Crippen LogP contribution in [-0.2, 0) is 19.1 Å². The Labute approximate surface area is 421 Å². The zero-order chi connectivity index (χ0) is 49.2. The molecule has 0 saturated heterocycles. The van der Waals surface area contributed by atoms with E-state index < -0.39 is 6.10 Å². The molecule has 0 rings (SSSR count). The average molecular weight is 944 g/mol. The van der Waals surface area contributed by atoms with E-state index in [1.807, 2.05) is 0 Å². The minimum atomic E-state index is -0.780. The van der Waals surface area contributed by atoms with Gasteiger partial charge in [-0.05, 0) is 83.5 Å². The minimum Gasteiger partial charge on any atom is -0.462 e. The van der Waals surface area contributed by atoms with Gasteiger partial charge in [0.1, 0.15) is 6.61 Å². The van der Waals surface area contributed by atoms with Crippen LogP contribution in [0, 0.1) is 0 Å². The second-order valence-corrected chi connectivity index (χ2v) is 18.6. The predicted molar refractivity (Wildman–Crippen MR) is 297 cm³/mol. The molecule has 0 aromatic rings. The Balaban J connectivity index is 3.57. The van der Waals surface area contributed by atoms with Gasteiger partial charge >= 0.3 is 11.9 Å². The lowest BCUT2D eigenvalue weighted by Gasteiger charge is -2.15. The quantitative estimate of drug-likeness (QED) is 0.0374. The van der Waals surface area contributed by atoms with Gasteiger partial charge in [0, 0.05) is 12.8 Å². The lowest BCUT2D eigenvalue weighted by atomic mass is 10.0. The summed E-state index contributed by atoms with van der Waals surface area (Å²) in [5, 5.41) is 9.64. The van der Waals surface area contributed by atoms with Crippen LogP contribution in [0.1, 0.15) is 258 Å². The lowest BCUT2D eigenvalue weighted by molar-refractivity contribution is -0.161. The van der Waals surface area contributed by atoms with Crippen LogP contribution < -0.4 is 0 Å². The molecular formula is C63H106O5. The summed E-state index contributed by atoms with van der Waals surface area (Å²) in [6.07, 6.45) is 83.4. The molecule has 1 atom stereocenters. The minimum absolute atomic E-state index is 0.0700. The van der Waals surface area contributed by atoms with E-state index in [4.69, 9.17) is 9.47 Å². The molecule has 0 amide bonds. The van der Waals surface area contributed by atoms with E-state index in [1.54, 1.807) is 0 Å². The third kappa shape index (κ3) is 55.2. The second kappa shape index (κ2) is 57.9. The Kier molecular flexibility index (Phi) is 54.9. The van der Waals surface area contributed by atoms with Gasteiger partial charge in [-0.25, -0.2) is 0 Å². The van der Waals surface area contributed by atoms with E-state index in [2.05, 4.69) is 123 Å². The summed E-state index contributed by atoms with van der Waals surface area (Å²) in [7, 11) is 0. The van der Waals surface area contributed by atoms with Crippen molar-refractivity contribution in [1.82, 2.24) is 0 Å². The molecule has 68 heavy (non-hydrogen) atoms. The van der Waals surface area contributed by atoms with Gasteiger partial charge in [-0.3, -0.25) is 9.59 Å². The summed E-state index contributed by atoms with van der Waals surface area (Å²) < 4.78 is 10.7. The van der Waals surface area contributed by atoms with Crippen LogP contribution in [0.4, 0.5) is 0 Å². The molecule has 5 nitrogen and oxygen atoms in total. The van der Waals surface area contributed by atoms with Crippen molar-refractivity contribution in [3.63, 3.8) is 0 Å². The highest BCUT2D eigenvalue weighted by atomic mass is 16.6. The molecule has 0 heterocycles. The van der Waals surface area contributed by atoms with Gasteiger partial charge in [-0.15, -0.1) is 0 Å². The fraction of sp³-hybridized carbons (Fsp3) is 0.683. The van der Waals surface area contributed by atoms with Crippen molar-refractivity contribution >= 4 is 11.9 Å². The Morgan fingerprint density at radius 3 is 0.956 bits per heavy atom. The monoisotopic (exact) mass is 943 g/mol. The van der Waals surface area contributed by atoms with E-state index in [1.165, 1.54) is 128 Å². The van der Waals surface area contributed by atoms with Gasteiger partial charge < -0.3 is 14.6 Å². The molecule has 0 aromatic heterocycles. The van der Waals surface area contributed by atoms with Crippen LogP contribution in [0.2, 0.25) is 0 Å². The van der Waals surface area contributed by atoms with Crippen molar-refractivity contribution < 1.29 is 24.2 Å². The van der Waals surface area contributed by atoms with Crippen LogP contribution in [0.3, 0.4) is 0 Å². The molecule has 5 heteroatoms. The molecule has 1 N–H and O–H groups in total. The summed E-state index contributed by atoms with van der Waals surface area (Å²) in [6.45, 7) is 4.04. The number of hydrogen-bond donors (Lipinski definition) is 1. The zero-order valence-electron chi connectivity index (χ0n) is 44.3. The standard InChI is InChI=1S/C63H106O5/c1-3-5-7-9-11-13-15-17-19-21-22-23-24-25-26-27-28-29-30-31-32-33-34-35-36-37-38-39-40-42-44-46-48-50-52-54-56-58-63(66)68-61(59-64)60-67-62(65)57-55-53-51-49-47-45-43-41-20-18-16-14-12-10-8-6-4-2/h5,7,11,13,17,19,22-23,25-26,28-29,31-32,34-35,37-38,61,64H,3-4,6,8-10,12,14-16,18,20-21,24,27,30,33,36,39-60H2,1-2H3/b7-5-,13-11-,19-17-,23-22-,26-25-,29-28-,32-31-,35-34-,38-37-. The summed E-state index contributed by atoms with van der Waals surface area (Å²) in [6, 6.07) is 0. The third-order valence-electron chi connectivity index (χ3n) is 12.1. The highest BCUT2D eigenvalue weighted by Crippen LogP contribution is 2.16. The first-order valence-electron chi connectivity index (χ1n) is 28.4. The third-order valence-corrected chi connectivity index (χ3v) is 12.1. The lowest BCUT2D eigenvalue weighted by Crippen LogP contribution is -2.28. The number of ether oxygens (including phenoxy) is 2. The maximum absolute atomic E-state index is 12.3. The molecule has 1 unspecified atom stereocenters. The average Bonchev–Trinajstić information content (AvgIpc) is 3.34. The van der Waals surface area contributed by atoms with Crippen LogP contribution in [0.25, 0.3) is 0 Å². The first-order chi connectivity index (χ1) is 33.6. The number of hydrogen-bond acceptors (Lipinski definition) is 5. The zero-order valence-corrected chi connectivity index (χ0v) is 44.3. The Morgan fingerprint density at radius 2 is 0.632 bits per heavy atom. The summed E-state index contributed by atoms with van der Waals surface area (Å²) in [4.78, 5) is 24.5. The highest BCUT2D eigenvalue weighted by Gasteiger charge is 2.16. The summed E-state index contributed by atoms with van der Waals surface area (Å²) in [5.41, 5.74) is 0. The van der Waals surface area contributed by atoms with Crippen LogP contribution in [0.5, 0.6) is 0 Å². The summed E-state index contributed by atoms with van der Waals surface area (Å²) in [5.74, 6) is -0.594. The van der Waals surface area contributed by atoms with Gasteiger partial charge in [0.05, 0.1) is 6.61 Å². The van der Waals surface area contributed by atoms with Gasteiger partial charge in [0.25, 0.3) is 0 Å². The van der Waals surface area contributed by atoms with Gasteiger partial charge in [0.2, 0.25) is 0 Å². The van der Waals surface area contributed by atoms with Gasteiger partial charge in [0.15, 0.2) is 6.10 Å². The number of aliphatic hydroxyl groups excluding tert-OH is 1. The first kappa shape index (κ1) is 64.6. The molecule has 0 radical (unpaired) electrons. The molecule has 0 saturated carbocycles. The highest BCUT2D eigenvalue weighted by molar-refractivity contribution is 5.70. The van der Waals surface area contributed by atoms with Gasteiger partial charge in [-0.2, -0.15) is 0 Å². The summed E-state index contributed by atoms with van der Waals surface area (Å²) >= 11 is 0. The SMILES string of the molecule is CC/C=C\C/C=C\C/C=C\C/C=C\C/C=C\C/C=C\C/C=C\C/C=C\C/C=C\CCCCCCCCCCCC(=O)OC(CO)COC(=O)CCCCCCCCCCCCCCCCCCC. The number of rotatable bonds is 51. The predicted octanol–water partition coefficient (Wildman–Crippen LogP) is 19.3. The molecule has 0 aliphatic heterocycles. The van der Waals surface area contributed by atoms with E-state index in [9.17, 15) is 14.7 Å². The number of carbonyl (C=O) groups excluding carboxylic acids is 2. The van der Waals surface area contributed by atoms with Crippen molar-refractivity contribution in [3.05, 3.63) is 109 Å². The molecule has 0 bridgehead atoms. The number of carbonyl (C=O) groups is 2. The molecule has 0 aromatic carbocycles. The normalized spacial score (nSPS) is 13.0. The van der Waals surface area contributed by atoms with Crippen LogP contribution in [0.15, 0.2) is 109 Å². The maximum atomic E-state index is 12.3. The fourth-order valence-corrected chi connectivity index (χ4v) is 7.84. The van der Waals surface area contributed by atoms with Crippen LogP contribution >= 0.6 is 0 Å². The number of allylic oxidation sites excluding steroid dienone is 18. The Morgan fingerprint density at radius 1 is 0.353 bits per heavy atom. The van der Waals surface area contributed by atoms with Crippen molar-refractivity contribution in [1.29, 1.82) is 0 Å². The van der Waals surface area contributed by atoms with Crippen molar-refractivity contribution in [3.8, 4) is 0 Å². The van der Waals surface area contributed by atoms with E-state index in [0.717, 1.165) is 103 Å². The smallest absolute Gasteiger partial charge is 0.306 e.